The summed E-state index contributed by atoms with van der Waals surface area (Å²) in [5.41, 5.74) is 1.69. The molecule has 0 aromatic heterocycles. The highest BCUT2D eigenvalue weighted by Crippen LogP contribution is 2.18. The average molecular weight is 333 g/mol. The summed E-state index contributed by atoms with van der Waals surface area (Å²) in [6.07, 6.45) is 1.61. The van der Waals surface area contributed by atoms with Gasteiger partial charge in [-0.15, -0.1) is 0 Å². The van der Waals surface area contributed by atoms with E-state index in [1.807, 2.05) is 92.4 Å². The summed E-state index contributed by atoms with van der Waals surface area (Å²) in [5, 5.41) is 12.3. The van der Waals surface area contributed by atoms with E-state index >= 15 is 0 Å². The van der Waals surface area contributed by atoms with E-state index in [0.29, 0.717) is 6.54 Å². The molecule has 0 saturated carbocycles. The lowest BCUT2D eigenvalue weighted by Gasteiger charge is -2.23. The molecule has 0 heterocycles. The first kappa shape index (κ1) is 18.3. The molecule has 1 N–H and O–H groups in total. The summed E-state index contributed by atoms with van der Waals surface area (Å²) in [5.74, 6) is -0.371. The van der Waals surface area contributed by atoms with Crippen LogP contribution in [0.25, 0.3) is 0 Å². The van der Waals surface area contributed by atoms with Gasteiger partial charge in [-0.3, -0.25) is 4.79 Å². The van der Waals surface area contributed by atoms with Crippen LogP contribution in [-0.2, 0) is 11.3 Å². The third kappa shape index (κ3) is 5.82. The van der Waals surface area contributed by atoms with Gasteiger partial charge in [-0.25, -0.2) is 0 Å². The smallest absolute Gasteiger partial charge is 0.263 e. The molecule has 0 aliphatic carbocycles. The predicted molar refractivity (Wildman–Crippen MR) is 101 cm³/mol. The van der Waals surface area contributed by atoms with Crippen molar-refractivity contribution in [2.45, 2.75) is 32.9 Å². The highest BCUT2D eigenvalue weighted by Gasteiger charge is 2.18. The number of nitrogens with one attached hydrogen (secondary N) is 1. The summed E-state index contributed by atoms with van der Waals surface area (Å²) < 4.78 is 0. The average Bonchev–Trinajstić information content (AvgIpc) is 2.58. The van der Waals surface area contributed by atoms with E-state index < -0.39 is 5.54 Å². The lowest BCUT2D eigenvalue weighted by Crippen LogP contribution is -2.41. The number of carbonyl (C=O) groups excluding carboxylic acids is 1. The highest BCUT2D eigenvalue weighted by atomic mass is 16.1. The van der Waals surface area contributed by atoms with Crippen molar-refractivity contribution in [1.82, 2.24) is 5.32 Å². The zero-order chi connectivity index (χ0) is 18.3. The number of para-hydroxylation sites is 1. The monoisotopic (exact) mass is 333 g/mol. The first-order valence-corrected chi connectivity index (χ1v) is 8.19. The molecule has 2 rings (SSSR count). The van der Waals surface area contributed by atoms with Gasteiger partial charge in [0.15, 0.2) is 0 Å². The molecule has 0 bridgehead atoms. The largest absolute Gasteiger partial charge is 0.347 e. The third-order valence-corrected chi connectivity index (χ3v) is 3.42. The standard InChI is InChI=1S/C21H23N3O/c1-21(2,3)23-20(25)18(14-22)16-24(19-12-8-5-9-13-19)15-17-10-6-4-7-11-17/h4-13,16H,15H2,1-3H3,(H,23,25)/b18-16-. The van der Waals surface area contributed by atoms with Gasteiger partial charge in [0.05, 0.1) is 0 Å². The van der Waals surface area contributed by atoms with Gasteiger partial charge in [-0.05, 0) is 38.5 Å². The minimum absolute atomic E-state index is 0.0784. The van der Waals surface area contributed by atoms with Crippen molar-refractivity contribution in [2.75, 3.05) is 4.90 Å². The molecule has 0 fully saturated rings. The normalized spacial score (nSPS) is 11.5. The molecule has 0 radical (unpaired) electrons. The number of hydrogen-bond donors (Lipinski definition) is 1. The van der Waals surface area contributed by atoms with Gasteiger partial charge in [0, 0.05) is 24.0 Å². The van der Waals surface area contributed by atoms with Crippen LogP contribution < -0.4 is 10.2 Å². The first-order chi connectivity index (χ1) is 11.9. The number of nitrogens with zero attached hydrogens (tertiary/aromatic N) is 2. The van der Waals surface area contributed by atoms with Crippen molar-refractivity contribution < 1.29 is 4.79 Å². The van der Waals surface area contributed by atoms with Gasteiger partial charge in [-0.2, -0.15) is 5.26 Å². The van der Waals surface area contributed by atoms with Gasteiger partial charge < -0.3 is 10.2 Å². The zero-order valence-corrected chi connectivity index (χ0v) is 14.9. The van der Waals surface area contributed by atoms with Crippen LogP contribution >= 0.6 is 0 Å². The van der Waals surface area contributed by atoms with Crippen LogP contribution in [0, 0.1) is 11.3 Å². The fraction of sp³-hybridized carbons (Fsp3) is 0.238. The maximum Gasteiger partial charge on any atom is 0.263 e. The Morgan fingerprint density at radius 1 is 1.08 bits per heavy atom. The molecule has 4 nitrogen and oxygen atoms in total. The van der Waals surface area contributed by atoms with E-state index in [-0.39, 0.29) is 11.5 Å². The van der Waals surface area contributed by atoms with E-state index in [2.05, 4.69) is 5.32 Å². The summed E-state index contributed by atoms with van der Waals surface area (Å²) in [6, 6.07) is 21.7. The van der Waals surface area contributed by atoms with E-state index in [4.69, 9.17) is 0 Å². The Labute approximate surface area is 149 Å². The number of anilines is 1. The van der Waals surface area contributed by atoms with Gasteiger partial charge in [-0.1, -0.05) is 48.5 Å². The topological polar surface area (TPSA) is 56.1 Å². The lowest BCUT2D eigenvalue weighted by molar-refractivity contribution is -0.118. The molecule has 2 aromatic rings. The summed E-state index contributed by atoms with van der Waals surface area (Å²) in [7, 11) is 0. The SMILES string of the molecule is CC(C)(C)NC(=O)/C(C#N)=C\N(Cc1ccccc1)c1ccccc1. The molecular formula is C21H23N3O. The fourth-order valence-corrected chi connectivity index (χ4v) is 2.31. The van der Waals surface area contributed by atoms with Crippen molar-refractivity contribution in [2.24, 2.45) is 0 Å². The Kier molecular flexibility index (Phi) is 5.97. The zero-order valence-electron chi connectivity index (χ0n) is 14.9. The Morgan fingerprint density at radius 2 is 1.64 bits per heavy atom. The second-order valence-corrected chi connectivity index (χ2v) is 6.81. The van der Waals surface area contributed by atoms with Crippen LogP contribution in [0.5, 0.6) is 0 Å². The van der Waals surface area contributed by atoms with Crippen molar-refractivity contribution >= 4 is 11.6 Å². The number of hydrogen-bond acceptors (Lipinski definition) is 3. The van der Waals surface area contributed by atoms with E-state index in [1.54, 1.807) is 6.20 Å². The number of amides is 1. The van der Waals surface area contributed by atoms with Crippen LogP contribution in [0.15, 0.2) is 72.4 Å². The summed E-state index contributed by atoms with van der Waals surface area (Å²) >= 11 is 0. The Bertz CT molecular complexity index is 768. The van der Waals surface area contributed by atoms with Crippen molar-refractivity contribution in [3.8, 4) is 6.07 Å². The number of benzene rings is 2. The first-order valence-electron chi connectivity index (χ1n) is 8.19. The minimum atomic E-state index is -0.399. The van der Waals surface area contributed by atoms with Crippen molar-refractivity contribution in [3.05, 3.63) is 78.0 Å². The highest BCUT2D eigenvalue weighted by molar-refractivity contribution is 5.98. The lowest BCUT2D eigenvalue weighted by atomic mass is 10.1. The van der Waals surface area contributed by atoms with Crippen LogP contribution in [0.4, 0.5) is 5.69 Å². The Morgan fingerprint density at radius 3 is 2.16 bits per heavy atom. The molecule has 0 spiro atoms. The van der Waals surface area contributed by atoms with Crippen molar-refractivity contribution in [3.63, 3.8) is 0 Å². The molecule has 128 valence electrons. The summed E-state index contributed by atoms with van der Waals surface area (Å²) in [6.45, 7) is 6.23. The molecule has 0 aliphatic rings. The molecule has 0 unspecified atom stereocenters. The molecular weight excluding hydrogens is 310 g/mol. The number of carbonyl (C=O) groups is 1. The Hall–Kier alpha value is -3.06. The molecule has 25 heavy (non-hydrogen) atoms. The molecule has 1 amide bonds. The van der Waals surface area contributed by atoms with E-state index in [1.165, 1.54) is 0 Å². The van der Waals surface area contributed by atoms with Gasteiger partial charge in [0.1, 0.15) is 11.6 Å². The summed E-state index contributed by atoms with van der Waals surface area (Å²) in [4.78, 5) is 14.3. The number of rotatable bonds is 5. The molecule has 2 aromatic carbocycles. The molecule has 4 heteroatoms. The quantitative estimate of drug-likeness (QED) is 0.664. The maximum atomic E-state index is 12.4. The van der Waals surface area contributed by atoms with E-state index in [9.17, 15) is 10.1 Å². The van der Waals surface area contributed by atoms with Crippen LogP contribution in [0.1, 0.15) is 26.3 Å². The Balaban J connectivity index is 2.34. The van der Waals surface area contributed by atoms with Gasteiger partial charge in [0.2, 0.25) is 0 Å². The number of nitriles is 1. The molecule has 0 saturated heterocycles. The van der Waals surface area contributed by atoms with Gasteiger partial charge in [0.25, 0.3) is 5.91 Å². The molecule has 0 atom stereocenters. The maximum absolute atomic E-state index is 12.4. The third-order valence-electron chi connectivity index (χ3n) is 3.42. The van der Waals surface area contributed by atoms with Gasteiger partial charge >= 0.3 is 0 Å². The second-order valence-electron chi connectivity index (χ2n) is 6.81. The fourth-order valence-electron chi connectivity index (χ4n) is 2.31. The van der Waals surface area contributed by atoms with E-state index in [0.717, 1.165) is 11.3 Å². The predicted octanol–water partition coefficient (Wildman–Crippen LogP) is 4.02. The van der Waals surface area contributed by atoms with Crippen LogP contribution in [-0.4, -0.2) is 11.4 Å². The van der Waals surface area contributed by atoms with Crippen molar-refractivity contribution in [1.29, 1.82) is 5.26 Å². The second kappa shape index (κ2) is 8.16. The van der Waals surface area contributed by atoms with Crippen LogP contribution in [0.2, 0.25) is 0 Å². The minimum Gasteiger partial charge on any atom is -0.347 e. The van der Waals surface area contributed by atoms with Crippen LogP contribution in [0.3, 0.4) is 0 Å². The molecule has 0 aliphatic heterocycles.